The summed E-state index contributed by atoms with van der Waals surface area (Å²) in [7, 11) is 0. The second kappa shape index (κ2) is 6.97. The lowest BCUT2D eigenvalue weighted by atomic mass is 9.90. The molecule has 124 valence electrons. The highest BCUT2D eigenvalue weighted by molar-refractivity contribution is 6.17. The highest BCUT2D eigenvalue weighted by atomic mass is 35.5. The van der Waals surface area contributed by atoms with Gasteiger partial charge in [-0.1, -0.05) is 6.07 Å². The van der Waals surface area contributed by atoms with Crippen molar-refractivity contribution in [1.29, 1.82) is 0 Å². The van der Waals surface area contributed by atoms with Crippen molar-refractivity contribution in [3.05, 3.63) is 47.8 Å². The van der Waals surface area contributed by atoms with E-state index in [-0.39, 0.29) is 29.6 Å². The summed E-state index contributed by atoms with van der Waals surface area (Å²) >= 11 is 5.92. The molecule has 0 radical (unpaired) electrons. The first kappa shape index (κ1) is 16.4. The van der Waals surface area contributed by atoms with Crippen molar-refractivity contribution in [3.8, 4) is 0 Å². The van der Waals surface area contributed by atoms with Gasteiger partial charge in [0.1, 0.15) is 18.5 Å². The molecule has 1 aromatic carbocycles. The van der Waals surface area contributed by atoms with Gasteiger partial charge in [0.15, 0.2) is 0 Å². The van der Waals surface area contributed by atoms with Crippen molar-refractivity contribution in [2.45, 2.75) is 44.2 Å². The molecular formula is C17H21ClFN3O. The molecule has 0 spiro atoms. The molecule has 1 fully saturated rings. The third-order valence-electron chi connectivity index (χ3n) is 5.06. The number of hydrogen-bond acceptors (Lipinski definition) is 3. The maximum Gasteiger partial charge on any atom is 0.137 e. The SMILES string of the molecule is CC(C1CCC(Cc2ccc(F)cc2CCl)C1O)n1cncn1. The number of benzene rings is 1. The van der Waals surface area contributed by atoms with Crippen molar-refractivity contribution in [1.82, 2.24) is 14.8 Å². The maximum absolute atomic E-state index is 13.3. The van der Waals surface area contributed by atoms with Gasteiger partial charge in [0.2, 0.25) is 0 Å². The van der Waals surface area contributed by atoms with Gasteiger partial charge in [-0.2, -0.15) is 5.10 Å². The molecule has 1 saturated carbocycles. The van der Waals surface area contributed by atoms with Crippen LogP contribution in [0.4, 0.5) is 4.39 Å². The predicted octanol–water partition coefficient (Wildman–Crippen LogP) is 3.35. The van der Waals surface area contributed by atoms with Crippen LogP contribution in [-0.4, -0.2) is 26.0 Å². The lowest BCUT2D eigenvalue weighted by Crippen LogP contribution is -2.29. The van der Waals surface area contributed by atoms with Crippen LogP contribution >= 0.6 is 11.6 Å². The van der Waals surface area contributed by atoms with Crippen LogP contribution in [0.5, 0.6) is 0 Å². The Kier molecular flexibility index (Phi) is 4.97. The zero-order valence-corrected chi connectivity index (χ0v) is 13.8. The first-order valence-corrected chi connectivity index (χ1v) is 8.49. The molecule has 3 rings (SSSR count). The molecule has 1 aliphatic carbocycles. The van der Waals surface area contributed by atoms with Crippen LogP contribution in [0.25, 0.3) is 0 Å². The summed E-state index contributed by atoms with van der Waals surface area (Å²) in [5.74, 6) is 0.336. The van der Waals surface area contributed by atoms with E-state index < -0.39 is 6.10 Å². The molecule has 1 heterocycles. The van der Waals surface area contributed by atoms with E-state index in [0.717, 1.165) is 30.4 Å². The van der Waals surface area contributed by atoms with Gasteiger partial charge in [0.05, 0.1) is 12.1 Å². The van der Waals surface area contributed by atoms with E-state index in [4.69, 9.17) is 11.6 Å². The summed E-state index contributed by atoms with van der Waals surface area (Å²) in [6, 6.07) is 4.84. The van der Waals surface area contributed by atoms with Gasteiger partial charge in [-0.15, -0.1) is 11.6 Å². The van der Waals surface area contributed by atoms with Gasteiger partial charge >= 0.3 is 0 Å². The summed E-state index contributed by atoms with van der Waals surface area (Å²) in [6.07, 6.45) is 5.43. The third-order valence-corrected chi connectivity index (χ3v) is 5.35. The lowest BCUT2D eigenvalue weighted by molar-refractivity contribution is 0.0672. The quantitative estimate of drug-likeness (QED) is 0.851. The molecule has 1 N–H and O–H groups in total. The second-order valence-electron chi connectivity index (χ2n) is 6.36. The van der Waals surface area contributed by atoms with E-state index >= 15 is 0 Å². The summed E-state index contributed by atoms with van der Waals surface area (Å²) in [4.78, 5) is 3.98. The summed E-state index contributed by atoms with van der Waals surface area (Å²) in [5.41, 5.74) is 1.84. The number of nitrogens with zero attached hydrogens (tertiary/aromatic N) is 3. The molecular weight excluding hydrogens is 317 g/mol. The number of rotatable bonds is 5. The van der Waals surface area contributed by atoms with Gasteiger partial charge < -0.3 is 5.11 Å². The highest BCUT2D eigenvalue weighted by Gasteiger charge is 2.38. The van der Waals surface area contributed by atoms with E-state index in [1.54, 1.807) is 17.1 Å². The summed E-state index contributed by atoms with van der Waals surface area (Å²) in [6.45, 7) is 2.06. The molecule has 1 aliphatic rings. The van der Waals surface area contributed by atoms with Crippen molar-refractivity contribution in [2.75, 3.05) is 0 Å². The normalized spacial score (nSPS) is 25.7. The average molecular weight is 338 g/mol. The van der Waals surface area contributed by atoms with Crippen LogP contribution in [0.1, 0.15) is 36.9 Å². The van der Waals surface area contributed by atoms with Gasteiger partial charge in [-0.25, -0.2) is 14.1 Å². The van der Waals surface area contributed by atoms with Crippen LogP contribution in [0, 0.1) is 17.7 Å². The minimum absolute atomic E-state index is 0.109. The summed E-state index contributed by atoms with van der Waals surface area (Å²) < 4.78 is 15.1. The lowest BCUT2D eigenvalue weighted by Gasteiger charge is -2.25. The number of aliphatic hydroxyl groups excluding tert-OH is 1. The van der Waals surface area contributed by atoms with Crippen molar-refractivity contribution < 1.29 is 9.50 Å². The Morgan fingerprint density at radius 2 is 2.22 bits per heavy atom. The van der Waals surface area contributed by atoms with E-state index in [9.17, 15) is 9.50 Å². The van der Waals surface area contributed by atoms with Gasteiger partial charge in [-0.05, 0) is 55.4 Å². The van der Waals surface area contributed by atoms with E-state index in [1.165, 1.54) is 18.5 Å². The zero-order valence-electron chi connectivity index (χ0n) is 13.1. The van der Waals surface area contributed by atoms with Crippen molar-refractivity contribution >= 4 is 11.6 Å². The van der Waals surface area contributed by atoms with Crippen molar-refractivity contribution in [2.24, 2.45) is 11.8 Å². The molecule has 4 nitrogen and oxygen atoms in total. The van der Waals surface area contributed by atoms with Crippen molar-refractivity contribution in [3.63, 3.8) is 0 Å². The molecule has 4 atom stereocenters. The Bertz CT molecular complexity index is 649. The van der Waals surface area contributed by atoms with E-state index in [0.29, 0.717) is 0 Å². The summed E-state index contributed by atoms with van der Waals surface area (Å²) in [5, 5.41) is 14.9. The Morgan fingerprint density at radius 3 is 2.91 bits per heavy atom. The molecule has 0 aliphatic heterocycles. The monoisotopic (exact) mass is 337 g/mol. The Morgan fingerprint density at radius 1 is 1.39 bits per heavy atom. The fraction of sp³-hybridized carbons (Fsp3) is 0.529. The standard InChI is InChI=1S/C17H21ClFN3O/c1-11(22-10-20-9-21-22)16-5-3-13(17(16)23)6-12-2-4-15(19)7-14(12)8-18/h2,4,7,9-11,13,16-17,23H,3,5-6,8H2,1H3. The largest absolute Gasteiger partial charge is 0.392 e. The molecule has 6 heteroatoms. The first-order valence-electron chi connectivity index (χ1n) is 7.95. The number of hydrogen-bond donors (Lipinski definition) is 1. The van der Waals surface area contributed by atoms with Crippen LogP contribution < -0.4 is 0 Å². The number of aliphatic hydroxyl groups is 1. The Hall–Kier alpha value is -1.46. The minimum atomic E-state index is -0.401. The number of alkyl halides is 1. The number of aromatic nitrogens is 3. The van der Waals surface area contributed by atoms with E-state index in [1.807, 2.05) is 0 Å². The minimum Gasteiger partial charge on any atom is -0.392 e. The molecule has 23 heavy (non-hydrogen) atoms. The smallest absolute Gasteiger partial charge is 0.137 e. The Labute approximate surface area is 140 Å². The second-order valence-corrected chi connectivity index (χ2v) is 6.63. The fourth-order valence-corrected chi connectivity index (χ4v) is 3.92. The predicted molar refractivity (Wildman–Crippen MR) is 86.6 cm³/mol. The first-order chi connectivity index (χ1) is 11.1. The molecule has 0 amide bonds. The van der Waals surface area contributed by atoms with Crippen LogP contribution in [0.15, 0.2) is 30.9 Å². The van der Waals surface area contributed by atoms with Gasteiger partial charge in [0.25, 0.3) is 0 Å². The Balaban J connectivity index is 1.71. The van der Waals surface area contributed by atoms with Crippen LogP contribution in [0.3, 0.4) is 0 Å². The maximum atomic E-state index is 13.3. The van der Waals surface area contributed by atoms with Gasteiger partial charge in [0, 0.05) is 11.8 Å². The number of halogens is 2. The topological polar surface area (TPSA) is 50.9 Å². The van der Waals surface area contributed by atoms with Gasteiger partial charge in [-0.3, -0.25) is 0 Å². The highest BCUT2D eigenvalue weighted by Crippen LogP contribution is 2.39. The molecule has 1 aromatic heterocycles. The molecule has 0 bridgehead atoms. The van der Waals surface area contributed by atoms with Crippen LogP contribution in [-0.2, 0) is 12.3 Å². The van der Waals surface area contributed by atoms with Crippen LogP contribution in [0.2, 0.25) is 0 Å². The fourth-order valence-electron chi connectivity index (χ4n) is 3.67. The molecule has 0 saturated heterocycles. The van der Waals surface area contributed by atoms with E-state index in [2.05, 4.69) is 17.0 Å². The molecule has 4 unspecified atom stereocenters. The third kappa shape index (κ3) is 3.40. The average Bonchev–Trinajstić information content (AvgIpc) is 3.19. The molecule has 2 aromatic rings. The zero-order chi connectivity index (χ0) is 16.4.